The van der Waals surface area contributed by atoms with Gasteiger partial charge in [-0.1, -0.05) is 26.2 Å². The van der Waals surface area contributed by atoms with Crippen LogP contribution in [0.25, 0.3) is 0 Å². The molecule has 2 atom stereocenters. The summed E-state index contributed by atoms with van der Waals surface area (Å²) in [5.41, 5.74) is 0.0998. The maximum Gasteiger partial charge on any atom is 0.354 e. The highest BCUT2D eigenvalue weighted by atomic mass is 16.4. The molecular weight excluding hydrogens is 204 g/mol. The zero-order valence-electron chi connectivity index (χ0n) is 9.39. The van der Waals surface area contributed by atoms with Crippen molar-refractivity contribution in [2.24, 2.45) is 5.92 Å². The molecule has 86 valence electrons. The molecular formula is C12H16N2O2. The van der Waals surface area contributed by atoms with Crippen LogP contribution in [0.5, 0.6) is 0 Å². The molecule has 1 heterocycles. The summed E-state index contributed by atoms with van der Waals surface area (Å²) in [6.07, 6.45) is 6.26. The third-order valence-corrected chi connectivity index (χ3v) is 3.34. The van der Waals surface area contributed by atoms with Crippen molar-refractivity contribution in [3.63, 3.8) is 0 Å². The lowest BCUT2D eigenvalue weighted by Crippen LogP contribution is -2.18. The SMILES string of the molecule is CC1CCCCC1c1nccc(C(=O)O)n1. The number of nitrogens with zero attached hydrogens (tertiary/aromatic N) is 2. The van der Waals surface area contributed by atoms with E-state index in [0.29, 0.717) is 17.7 Å². The summed E-state index contributed by atoms with van der Waals surface area (Å²) in [5, 5.41) is 8.88. The van der Waals surface area contributed by atoms with Crippen molar-refractivity contribution < 1.29 is 9.90 Å². The number of hydrogen-bond acceptors (Lipinski definition) is 3. The molecule has 1 aromatic heterocycles. The Kier molecular flexibility index (Phi) is 3.17. The second-order valence-electron chi connectivity index (χ2n) is 4.47. The standard InChI is InChI=1S/C12H16N2O2/c1-8-4-2-3-5-9(8)11-13-7-6-10(14-11)12(15)16/h6-9H,2-5H2,1H3,(H,15,16). The molecule has 1 saturated carbocycles. The number of carboxylic acids is 1. The van der Waals surface area contributed by atoms with E-state index in [2.05, 4.69) is 16.9 Å². The van der Waals surface area contributed by atoms with Crippen molar-refractivity contribution in [2.75, 3.05) is 0 Å². The van der Waals surface area contributed by atoms with Gasteiger partial charge in [0.15, 0.2) is 5.69 Å². The van der Waals surface area contributed by atoms with Crippen molar-refractivity contribution in [1.29, 1.82) is 0 Å². The molecule has 1 fully saturated rings. The lowest BCUT2D eigenvalue weighted by atomic mass is 9.80. The van der Waals surface area contributed by atoms with E-state index in [1.807, 2.05) is 0 Å². The Morgan fingerprint density at radius 1 is 1.44 bits per heavy atom. The minimum atomic E-state index is -0.980. The maximum atomic E-state index is 10.8. The number of aromatic carboxylic acids is 1. The Bertz CT molecular complexity index is 392. The fraction of sp³-hybridized carbons (Fsp3) is 0.583. The summed E-state index contributed by atoms with van der Waals surface area (Å²) in [5.74, 6) is 0.602. The van der Waals surface area contributed by atoms with Crippen LogP contribution in [0.2, 0.25) is 0 Å². The topological polar surface area (TPSA) is 63.1 Å². The highest BCUT2D eigenvalue weighted by Gasteiger charge is 2.25. The first-order valence-electron chi connectivity index (χ1n) is 5.74. The zero-order valence-corrected chi connectivity index (χ0v) is 9.39. The number of carboxylic acid groups (broad SMARTS) is 1. The highest BCUT2D eigenvalue weighted by molar-refractivity contribution is 5.85. The van der Waals surface area contributed by atoms with Crippen LogP contribution in [0, 0.1) is 5.92 Å². The Morgan fingerprint density at radius 2 is 2.19 bits per heavy atom. The largest absolute Gasteiger partial charge is 0.477 e. The van der Waals surface area contributed by atoms with Gasteiger partial charge >= 0.3 is 5.97 Å². The molecule has 4 heteroatoms. The van der Waals surface area contributed by atoms with Crippen LogP contribution < -0.4 is 0 Å². The summed E-state index contributed by atoms with van der Waals surface area (Å²) < 4.78 is 0. The number of hydrogen-bond donors (Lipinski definition) is 1. The third kappa shape index (κ3) is 2.21. The monoisotopic (exact) mass is 220 g/mol. The molecule has 1 aliphatic rings. The first kappa shape index (κ1) is 11.0. The van der Waals surface area contributed by atoms with Crippen LogP contribution in [0.15, 0.2) is 12.3 Å². The van der Waals surface area contributed by atoms with Crippen molar-refractivity contribution in [2.45, 2.75) is 38.5 Å². The Labute approximate surface area is 94.7 Å². The van der Waals surface area contributed by atoms with Crippen LogP contribution >= 0.6 is 0 Å². The molecule has 0 aliphatic heterocycles. The number of rotatable bonds is 2. The van der Waals surface area contributed by atoms with Gasteiger partial charge in [-0.25, -0.2) is 14.8 Å². The minimum absolute atomic E-state index is 0.0998. The van der Waals surface area contributed by atoms with E-state index < -0.39 is 5.97 Å². The van der Waals surface area contributed by atoms with E-state index in [0.717, 1.165) is 6.42 Å². The van der Waals surface area contributed by atoms with Gasteiger partial charge in [0, 0.05) is 12.1 Å². The molecule has 0 radical (unpaired) electrons. The normalized spacial score (nSPS) is 25.3. The van der Waals surface area contributed by atoms with Gasteiger partial charge in [-0.3, -0.25) is 0 Å². The highest BCUT2D eigenvalue weighted by Crippen LogP contribution is 2.35. The Balaban J connectivity index is 2.25. The predicted octanol–water partition coefficient (Wildman–Crippen LogP) is 2.47. The first-order valence-corrected chi connectivity index (χ1v) is 5.74. The van der Waals surface area contributed by atoms with Gasteiger partial charge in [-0.05, 0) is 18.4 Å². The van der Waals surface area contributed by atoms with Gasteiger partial charge in [0.1, 0.15) is 5.82 Å². The first-order chi connectivity index (χ1) is 7.68. The van der Waals surface area contributed by atoms with Crippen LogP contribution in [-0.4, -0.2) is 21.0 Å². The molecule has 0 aromatic carbocycles. The van der Waals surface area contributed by atoms with E-state index in [9.17, 15) is 4.79 Å². The van der Waals surface area contributed by atoms with E-state index in [1.54, 1.807) is 6.20 Å². The second kappa shape index (κ2) is 4.60. The van der Waals surface area contributed by atoms with Gasteiger partial charge in [0.25, 0.3) is 0 Å². The lowest BCUT2D eigenvalue weighted by molar-refractivity contribution is 0.0689. The van der Waals surface area contributed by atoms with Gasteiger partial charge in [-0.2, -0.15) is 0 Å². The summed E-state index contributed by atoms with van der Waals surface area (Å²) >= 11 is 0. The van der Waals surface area contributed by atoms with Gasteiger partial charge in [0.05, 0.1) is 0 Å². The second-order valence-corrected chi connectivity index (χ2v) is 4.47. The molecule has 4 nitrogen and oxygen atoms in total. The molecule has 0 saturated heterocycles. The molecule has 1 aromatic rings. The molecule has 2 unspecified atom stereocenters. The van der Waals surface area contributed by atoms with Crippen LogP contribution in [0.4, 0.5) is 0 Å². The van der Waals surface area contributed by atoms with Crippen molar-refractivity contribution >= 4 is 5.97 Å². The number of carbonyl (C=O) groups is 1. The molecule has 0 bridgehead atoms. The molecule has 1 N–H and O–H groups in total. The summed E-state index contributed by atoms with van der Waals surface area (Å²) in [4.78, 5) is 19.2. The fourth-order valence-corrected chi connectivity index (χ4v) is 2.37. The van der Waals surface area contributed by atoms with Gasteiger partial charge in [-0.15, -0.1) is 0 Å². The van der Waals surface area contributed by atoms with E-state index in [4.69, 9.17) is 5.11 Å². The van der Waals surface area contributed by atoms with Crippen LogP contribution in [0.3, 0.4) is 0 Å². The van der Waals surface area contributed by atoms with E-state index in [-0.39, 0.29) is 5.69 Å². The van der Waals surface area contributed by atoms with Crippen molar-refractivity contribution in [3.05, 3.63) is 23.8 Å². The average Bonchev–Trinajstić information content (AvgIpc) is 2.30. The maximum absolute atomic E-state index is 10.8. The molecule has 1 aliphatic carbocycles. The van der Waals surface area contributed by atoms with Crippen molar-refractivity contribution in [1.82, 2.24) is 9.97 Å². The Hall–Kier alpha value is -1.45. The lowest BCUT2D eigenvalue weighted by Gasteiger charge is -2.27. The third-order valence-electron chi connectivity index (χ3n) is 3.34. The zero-order chi connectivity index (χ0) is 11.5. The van der Waals surface area contributed by atoms with Crippen molar-refractivity contribution in [3.8, 4) is 0 Å². The fourth-order valence-electron chi connectivity index (χ4n) is 2.37. The van der Waals surface area contributed by atoms with Gasteiger partial charge < -0.3 is 5.11 Å². The molecule has 16 heavy (non-hydrogen) atoms. The molecule has 0 amide bonds. The van der Waals surface area contributed by atoms with Gasteiger partial charge in [0.2, 0.25) is 0 Å². The summed E-state index contributed by atoms with van der Waals surface area (Å²) in [6.45, 7) is 2.20. The van der Waals surface area contributed by atoms with Crippen LogP contribution in [-0.2, 0) is 0 Å². The van der Waals surface area contributed by atoms with Crippen LogP contribution in [0.1, 0.15) is 54.8 Å². The Morgan fingerprint density at radius 3 is 2.88 bits per heavy atom. The minimum Gasteiger partial charge on any atom is -0.477 e. The predicted molar refractivity (Wildman–Crippen MR) is 59.4 cm³/mol. The molecule has 0 spiro atoms. The molecule has 2 rings (SSSR count). The van der Waals surface area contributed by atoms with E-state index in [1.165, 1.54) is 25.3 Å². The smallest absolute Gasteiger partial charge is 0.354 e. The summed E-state index contributed by atoms with van der Waals surface area (Å²) in [7, 11) is 0. The summed E-state index contributed by atoms with van der Waals surface area (Å²) in [6, 6.07) is 1.44. The van der Waals surface area contributed by atoms with E-state index >= 15 is 0 Å². The quantitative estimate of drug-likeness (QED) is 0.831. The number of aromatic nitrogens is 2. The average molecular weight is 220 g/mol.